The number of thioether (sulfide) groups is 1. The zero-order valence-electron chi connectivity index (χ0n) is 6.35. The van der Waals surface area contributed by atoms with Gasteiger partial charge in [0, 0.05) is 0 Å². The Kier molecular flexibility index (Phi) is 4.69. The molecule has 1 atom stereocenters. The summed E-state index contributed by atoms with van der Waals surface area (Å²) in [7, 11) is 2.19. The van der Waals surface area contributed by atoms with E-state index in [1.165, 1.54) is 5.57 Å². The molecule has 2 heteroatoms. The van der Waals surface area contributed by atoms with Crippen LogP contribution in [0.5, 0.6) is 0 Å². The van der Waals surface area contributed by atoms with E-state index in [-0.39, 0.29) is 0 Å². The van der Waals surface area contributed by atoms with Gasteiger partial charge in [-0.1, -0.05) is 24.9 Å². The van der Waals surface area contributed by atoms with Crippen molar-refractivity contribution in [2.75, 3.05) is 0 Å². The minimum atomic E-state index is 0.664. The molecule has 0 aromatic rings. The lowest BCUT2D eigenvalue weighted by Crippen LogP contribution is -1.84. The first-order valence-corrected chi connectivity index (χ1v) is 4.05. The monoisotopic (exact) mass is 140 g/mol. The molecule has 0 aliphatic heterocycles. The fraction of sp³-hybridized carbons (Fsp3) is 0.429. The Bertz CT molecular complexity index is 116. The average molecular weight is 140 g/mol. The average Bonchev–Trinajstić information content (AvgIpc) is 1.82. The van der Waals surface area contributed by atoms with Crippen molar-refractivity contribution in [2.24, 2.45) is 0 Å². The molecule has 1 unspecified atom stereocenters. The smallest absolute Gasteiger partial charge is 0.107 e. The summed E-state index contributed by atoms with van der Waals surface area (Å²) in [5.74, 6) is 0.664. The lowest BCUT2D eigenvalue weighted by atomic mass is 9.84. The molecule has 50 valence electrons. The summed E-state index contributed by atoms with van der Waals surface area (Å²) >= 11 is 1.65. The molecular formula is C7H13BS. The Labute approximate surface area is 62.8 Å². The van der Waals surface area contributed by atoms with Crippen molar-refractivity contribution in [1.82, 2.24) is 0 Å². The zero-order chi connectivity index (χ0) is 7.28. The predicted octanol–water partition coefficient (Wildman–Crippen LogP) is 2.21. The molecule has 0 aromatic heterocycles. The summed E-state index contributed by atoms with van der Waals surface area (Å²) in [4.78, 5) is 0. The predicted molar refractivity (Wildman–Crippen MR) is 49.5 cm³/mol. The quantitative estimate of drug-likeness (QED) is 0.541. The van der Waals surface area contributed by atoms with Crippen molar-refractivity contribution < 1.29 is 0 Å². The van der Waals surface area contributed by atoms with Crippen LogP contribution < -0.4 is 0 Å². The molecule has 0 bridgehead atoms. The summed E-state index contributed by atoms with van der Waals surface area (Å²) in [6.45, 7) is 7.94. The van der Waals surface area contributed by atoms with Crippen LogP contribution in [0.2, 0.25) is 5.82 Å². The van der Waals surface area contributed by atoms with Crippen LogP contribution in [0.1, 0.15) is 13.8 Å². The van der Waals surface area contributed by atoms with Gasteiger partial charge in [0.25, 0.3) is 0 Å². The van der Waals surface area contributed by atoms with E-state index in [0.29, 0.717) is 5.82 Å². The fourth-order valence-electron chi connectivity index (χ4n) is 0.292. The molecule has 0 amide bonds. The van der Waals surface area contributed by atoms with Crippen LogP contribution in [-0.2, 0) is 0 Å². The second-order valence-corrected chi connectivity index (χ2v) is 3.16. The molecule has 0 radical (unpaired) electrons. The molecule has 0 nitrogen and oxygen atoms in total. The van der Waals surface area contributed by atoms with Gasteiger partial charge in [-0.05, 0) is 17.7 Å². The van der Waals surface area contributed by atoms with E-state index in [9.17, 15) is 0 Å². The Balaban J connectivity index is 3.68. The third kappa shape index (κ3) is 4.40. The Morgan fingerprint density at radius 2 is 2.33 bits per heavy atom. The van der Waals surface area contributed by atoms with E-state index in [4.69, 9.17) is 0 Å². The van der Waals surface area contributed by atoms with Gasteiger partial charge in [-0.3, -0.25) is 0 Å². The Morgan fingerprint density at radius 3 is 2.67 bits per heavy atom. The molecule has 0 saturated heterocycles. The summed E-state index contributed by atoms with van der Waals surface area (Å²) in [5, 5.41) is 3.98. The number of allylic oxidation sites excluding steroid dienone is 1. The van der Waals surface area contributed by atoms with Crippen molar-refractivity contribution >= 4 is 19.6 Å². The molecule has 0 saturated carbocycles. The first-order chi connectivity index (χ1) is 4.18. The van der Waals surface area contributed by atoms with E-state index in [1.54, 1.807) is 11.8 Å². The lowest BCUT2D eigenvalue weighted by molar-refractivity contribution is 1.10. The minimum absolute atomic E-state index is 0.664. The molecule has 0 spiro atoms. The van der Waals surface area contributed by atoms with E-state index in [1.807, 2.05) is 5.41 Å². The van der Waals surface area contributed by atoms with Crippen molar-refractivity contribution in [3.8, 4) is 0 Å². The Hall–Kier alpha value is -0.105. The minimum Gasteiger partial charge on any atom is -0.107 e. The van der Waals surface area contributed by atoms with Crippen LogP contribution >= 0.6 is 11.8 Å². The van der Waals surface area contributed by atoms with Gasteiger partial charge in [0.15, 0.2) is 0 Å². The molecule has 0 aliphatic rings. The van der Waals surface area contributed by atoms with Gasteiger partial charge in [-0.15, -0.1) is 11.8 Å². The van der Waals surface area contributed by atoms with Crippen molar-refractivity contribution in [1.29, 1.82) is 0 Å². The summed E-state index contributed by atoms with van der Waals surface area (Å²) in [5.41, 5.74) is 1.42. The molecule has 0 fully saturated rings. The number of rotatable bonds is 3. The highest BCUT2D eigenvalue weighted by atomic mass is 32.2. The van der Waals surface area contributed by atoms with Gasteiger partial charge in [0.1, 0.15) is 7.85 Å². The van der Waals surface area contributed by atoms with Crippen molar-refractivity contribution in [2.45, 2.75) is 19.7 Å². The maximum absolute atomic E-state index is 3.61. The third-order valence-electron chi connectivity index (χ3n) is 1.26. The lowest BCUT2D eigenvalue weighted by Gasteiger charge is -2.01. The standard InChI is InChI=1S/C7H13BS/c1-4-9-5-6(2)7(3)8/h4-5,7H,1,8H2,2-3H3/b6-5+. The van der Waals surface area contributed by atoms with Crippen LogP contribution in [0, 0.1) is 0 Å². The highest BCUT2D eigenvalue weighted by Crippen LogP contribution is 2.16. The van der Waals surface area contributed by atoms with Crippen molar-refractivity contribution in [3.63, 3.8) is 0 Å². The molecule has 0 heterocycles. The molecule has 0 rings (SSSR count). The summed E-state index contributed by atoms with van der Waals surface area (Å²) in [6.07, 6.45) is 0. The number of hydrogen-bond donors (Lipinski definition) is 0. The highest BCUT2D eigenvalue weighted by Gasteiger charge is 1.93. The summed E-state index contributed by atoms with van der Waals surface area (Å²) in [6, 6.07) is 0. The van der Waals surface area contributed by atoms with E-state index < -0.39 is 0 Å². The van der Waals surface area contributed by atoms with E-state index >= 15 is 0 Å². The van der Waals surface area contributed by atoms with Gasteiger partial charge in [-0.25, -0.2) is 0 Å². The van der Waals surface area contributed by atoms with E-state index in [2.05, 4.69) is 33.7 Å². The largest absolute Gasteiger partial charge is 0.110 e. The van der Waals surface area contributed by atoms with Crippen molar-refractivity contribution in [3.05, 3.63) is 23.0 Å². The van der Waals surface area contributed by atoms with Gasteiger partial charge in [0.2, 0.25) is 0 Å². The third-order valence-corrected chi connectivity index (χ3v) is 1.96. The first-order valence-electron chi connectivity index (χ1n) is 3.11. The number of hydrogen-bond acceptors (Lipinski definition) is 1. The fourth-order valence-corrected chi connectivity index (χ4v) is 0.875. The van der Waals surface area contributed by atoms with Crippen LogP contribution in [0.15, 0.2) is 23.0 Å². The van der Waals surface area contributed by atoms with Crippen LogP contribution in [-0.4, -0.2) is 7.85 Å². The van der Waals surface area contributed by atoms with Crippen LogP contribution in [0.4, 0.5) is 0 Å². The zero-order valence-corrected chi connectivity index (χ0v) is 7.16. The second kappa shape index (κ2) is 4.74. The highest BCUT2D eigenvalue weighted by molar-refractivity contribution is 8.04. The van der Waals surface area contributed by atoms with Crippen LogP contribution in [0.3, 0.4) is 0 Å². The van der Waals surface area contributed by atoms with Gasteiger partial charge < -0.3 is 0 Å². The molecule has 0 aliphatic carbocycles. The maximum atomic E-state index is 3.61. The SMILES string of the molecule is BC(C)/C(C)=C/SC=C. The molecule has 9 heavy (non-hydrogen) atoms. The topological polar surface area (TPSA) is 0 Å². The molecular weight excluding hydrogens is 127 g/mol. The van der Waals surface area contributed by atoms with E-state index in [0.717, 1.165) is 0 Å². The normalized spacial score (nSPS) is 15.1. The first kappa shape index (κ1) is 8.89. The summed E-state index contributed by atoms with van der Waals surface area (Å²) < 4.78 is 0. The van der Waals surface area contributed by atoms with Gasteiger partial charge in [0.05, 0.1) is 0 Å². The molecule has 0 N–H and O–H groups in total. The van der Waals surface area contributed by atoms with Crippen LogP contribution in [0.25, 0.3) is 0 Å². The molecule has 0 aromatic carbocycles. The maximum Gasteiger partial charge on any atom is 0.110 e. The van der Waals surface area contributed by atoms with Gasteiger partial charge >= 0.3 is 0 Å². The second-order valence-electron chi connectivity index (χ2n) is 2.32. The van der Waals surface area contributed by atoms with Gasteiger partial charge in [-0.2, -0.15) is 0 Å². The Morgan fingerprint density at radius 1 is 1.78 bits per heavy atom.